The fraction of sp³-hybridized carbons (Fsp3) is 0.609. The van der Waals surface area contributed by atoms with Crippen LogP contribution in [-0.2, 0) is 4.79 Å². The van der Waals surface area contributed by atoms with Gasteiger partial charge in [-0.3, -0.25) is 4.79 Å². The van der Waals surface area contributed by atoms with E-state index in [0.717, 1.165) is 39.0 Å². The van der Waals surface area contributed by atoms with Crippen LogP contribution >= 0.6 is 0 Å². The highest BCUT2D eigenvalue weighted by Crippen LogP contribution is 2.45. The van der Waals surface area contributed by atoms with Gasteiger partial charge in [0.2, 0.25) is 5.91 Å². The van der Waals surface area contributed by atoms with E-state index in [0.29, 0.717) is 6.42 Å². The summed E-state index contributed by atoms with van der Waals surface area (Å²) in [5.74, 6) is 0.483. The number of nitrogens with one attached hydrogen (secondary N) is 1. The summed E-state index contributed by atoms with van der Waals surface area (Å²) in [6, 6.07) is 8.45. The Hall–Kier alpha value is -2.37. The smallest absolute Gasteiger partial charge is 0.223 e. The number of fused-ring (bicyclic) bond motifs is 3. The Bertz CT molecular complexity index is 805. The molecule has 29 heavy (non-hydrogen) atoms. The lowest BCUT2D eigenvalue weighted by atomic mass is 9.84. The highest BCUT2D eigenvalue weighted by Gasteiger charge is 2.39. The summed E-state index contributed by atoms with van der Waals surface area (Å²) in [5, 5.41) is 6.89. The molecule has 3 aliphatic heterocycles. The summed E-state index contributed by atoms with van der Waals surface area (Å²) in [6.45, 7) is 8.55. The van der Waals surface area contributed by atoms with Crippen molar-refractivity contribution in [2.75, 3.05) is 19.8 Å². The first-order chi connectivity index (χ1) is 13.9. The minimum atomic E-state index is -0.215. The Morgan fingerprint density at radius 2 is 1.97 bits per heavy atom. The summed E-state index contributed by atoms with van der Waals surface area (Å²) in [5.41, 5.74) is 3.78. The molecular formula is C23H32N4O2. The summed E-state index contributed by atoms with van der Waals surface area (Å²) < 4.78 is 0. The lowest BCUT2D eigenvalue weighted by molar-refractivity contribution is -0.134. The highest BCUT2D eigenvalue weighted by molar-refractivity contribution is 5.77. The summed E-state index contributed by atoms with van der Waals surface area (Å²) in [7, 11) is 0. The van der Waals surface area contributed by atoms with Crippen molar-refractivity contribution in [3.05, 3.63) is 46.5 Å². The summed E-state index contributed by atoms with van der Waals surface area (Å²) >= 11 is 0. The second-order valence-corrected chi connectivity index (χ2v) is 9.83. The number of rotatable bonds is 5. The molecule has 0 aromatic heterocycles. The molecule has 2 unspecified atom stereocenters. The third kappa shape index (κ3) is 4.02. The van der Waals surface area contributed by atoms with Gasteiger partial charge >= 0.3 is 0 Å². The zero-order valence-electron chi connectivity index (χ0n) is 17.7. The van der Waals surface area contributed by atoms with Crippen LogP contribution in [0.2, 0.25) is 0 Å². The van der Waals surface area contributed by atoms with Crippen LogP contribution in [0, 0.1) is 16.2 Å². The van der Waals surface area contributed by atoms with E-state index in [9.17, 15) is 9.70 Å². The van der Waals surface area contributed by atoms with Crippen molar-refractivity contribution in [1.29, 1.82) is 0 Å². The van der Waals surface area contributed by atoms with Crippen LogP contribution < -0.4 is 5.32 Å². The quantitative estimate of drug-likeness (QED) is 0.761. The van der Waals surface area contributed by atoms with Gasteiger partial charge in [-0.05, 0) is 36.2 Å². The molecule has 1 fully saturated rings. The maximum atomic E-state index is 12.5. The molecule has 0 radical (unpaired) electrons. The molecule has 0 saturated carbocycles. The van der Waals surface area contributed by atoms with Gasteiger partial charge in [-0.15, -0.1) is 0 Å². The third-order valence-electron chi connectivity index (χ3n) is 6.50. The van der Waals surface area contributed by atoms with E-state index in [1.807, 2.05) is 4.90 Å². The minimum absolute atomic E-state index is 0.00563. The van der Waals surface area contributed by atoms with Gasteiger partial charge in [-0.25, -0.2) is 0 Å². The van der Waals surface area contributed by atoms with Crippen molar-refractivity contribution in [2.24, 2.45) is 16.5 Å². The largest absolute Gasteiger partial charge is 0.372 e. The van der Waals surface area contributed by atoms with Gasteiger partial charge in [-0.2, -0.15) is 4.91 Å². The Morgan fingerprint density at radius 1 is 1.24 bits per heavy atom. The first kappa shape index (κ1) is 19.9. The second kappa shape index (κ2) is 7.81. The number of likely N-dealkylation sites (tertiary alicyclic amines) is 1. The van der Waals surface area contributed by atoms with E-state index in [1.165, 1.54) is 16.8 Å². The van der Waals surface area contributed by atoms with Gasteiger partial charge in [0.25, 0.3) is 0 Å². The molecule has 156 valence electrons. The molecule has 2 atom stereocenters. The van der Waals surface area contributed by atoms with Crippen molar-refractivity contribution in [3.8, 4) is 0 Å². The molecule has 3 aliphatic rings. The van der Waals surface area contributed by atoms with Crippen LogP contribution in [0.15, 0.2) is 35.6 Å². The van der Waals surface area contributed by atoms with Crippen molar-refractivity contribution >= 4 is 11.6 Å². The predicted octanol–water partition coefficient (Wildman–Crippen LogP) is 4.10. The van der Waals surface area contributed by atoms with Crippen LogP contribution in [0.1, 0.15) is 63.6 Å². The fourth-order valence-corrected chi connectivity index (χ4v) is 5.01. The number of hydrogen-bond acceptors (Lipinski definition) is 5. The first-order valence-corrected chi connectivity index (χ1v) is 10.8. The highest BCUT2D eigenvalue weighted by atomic mass is 16.3. The maximum absolute atomic E-state index is 12.5. The molecule has 6 heteroatoms. The van der Waals surface area contributed by atoms with Crippen LogP contribution in [0.5, 0.6) is 0 Å². The molecule has 1 N–H and O–H groups in total. The SMILES string of the molecule is CC(C)(C)CC(=O)N1CCC(C(CC2c3ccccc3C3=CNCN32)N=O)CC1. The van der Waals surface area contributed by atoms with Gasteiger partial charge in [0.05, 0.1) is 24.4 Å². The van der Waals surface area contributed by atoms with Gasteiger partial charge in [0.15, 0.2) is 0 Å². The van der Waals surface area contributed by atoms with E-state index < -0.39 is 0 Å². The zero-order chi connectivity index (χ0) is 20.6. The lowest BCUT2D eigenvalue weighted by Crippen LogP contribution is -2.42. The molecule has 1 amide bonds. The predicted molar refractivity (Wildman–Crippen MR) is 115 cm³/mol. The Balaban J connectivity index is 1.40. The van der Waals surface area contributed by atoms with Gasteiger partial charge in [0, 0.05) is 31.3 Å². The van der Waals surface area contributed by atoms with Crippen molar-refractivity contribution in [3.63, 3.8) is 0 Å². The maximum Gasteiger partial charge on any atom is 0.223 e. The lowest BCUT2D eigenvalue weighted by Gasteiger charge is -2.36. The van der Waals surface area contributed by atoms with Gasteiger partial charge in [-0.1, -0.05) is 50.2 Å². The van der Waals surface area contributed by atoms with E-state index >= 15 is 0 Å². The third-order valence-corrected chi connectivity index (χ3v) is 6.50. The number of hydrogen-bond donors (Lipinski definition) is 1. The minimum Gasteiger partial charge on any atom is -0.372 e. The Morgan fingerprint density at radius 3 is 2.66 bits per heavy atom. The Labute approximate surface area is 173 Å². The van der Waals surface area contributed by atoms with E-state index in [2.05, 4.69) is 66.6 Å². The average molecular weight is 397 g/mol. The Kier molecular flexibility index (Phi) is 5.36. The second-order valence-electron chi connectivity index (χ2n) is 9.83. The van der Waals surface area contributed by atoms with E-state index in [4.69, 9.17) is 0 Å². The molecule has 4 rings (SSSR count). The summed E-state index contributed by atoms with van der Waals surface area (Å²) in [4.78, 5) is 28.7. The van der Waals surface area contributed by atoms with Crippen molar-refractivity contribution in [1.82, 2.24) is 15.1 Å². The molecule has 0 aliphatic carbocycles. The number of carbonyl (C=O) groups is 1. The van der Waals surface area contributed by atoms with E-state index in [-0.39, 0.29) is 29.3 Å². The van der Waals surface area contributed by atoms with Crippen LogP contribution in [0.4, 0.5) is 0 Å². The number of piperidine rings is 1. The number of carbonyl (C=O) groups excluding carboxylic acids is 1. The monoisotopic (exact) mass is 396 g/mol. The van der Waals surface area contributed by atoms with Gasteiger partial charge < -0.3 is 15.1 Å². The summed E-state index contributed by atoms with van der Waals surface area (Å²) in [6.07, 6.45) is 5.10. The fourth-order valence-electron chi connectivity index (χ4n) is 5.01. The molecule has 3 heterocycles. The number of benzene rings is 1. The molecule has 6 nitrogen and oxygen atoms in total. The molecule has 0 bridgehead atoms. The normalized spacial score (nSPS) is 22.6. The molecule has 0 spiro atoms. The van der Waals surface area contributed by atoms with E-state index in [1.54, 1.807) is 0 Å². The van der Waals surface area contributed by atoms with Crippen molar-refractivity contribution < 1.29 is 4.79 Å². The van der Waals surface area contributed by atoms with Crippen LogP contribution in [0.25, 0.3) is 5.70 Å². The van der Waals surface area contributed by atoms with Crippen LogP contribution in [0.3, 0.4) is 0 Å². The average Bonchev–Trinajstić information content (AvgIpc) is 3.27. The standard InChI is InChI=1S/C23H32N4O2/c1-23(2,3)13-22(28)26-10-8-16(9-11-26)19(25-29)12-20-17-6-4-5-7-18(17)21-14-24-15-27(20)21/h4-7,14,16,19-20,24H,8-13,15H2,1-3H3. The molecule has 1 saturated heterocycles. The van der Waals surface area contributed by atoms with Gasteiger partial charge in [0.1, 0.15) is 0 Å². The molecule has 1 aromatic carbocycles. The molecular weight excluding hydrogens is 364 g/mol. The number of nitroso groups, excluding NO2 is 1. The van der Waals surface area contributed by atoms with Crippen molar-refractivity contribution in [2.45, 2.75) is 58.5 Å². The number of amides is 1. The van der Waals surface area contributed by atoms with Crippen LogP contribution in [-0.4, -0.2) is 41.5 Å². The first-order valence-electron chi connectivity index (χ1n) is 10.8. The number of nitrogens with zero attached hydrogens (tertiary/aromatic N) is 3. The zero-order valence-corrected chi connectivity index (χ0v) is 17.7. The molecule has 1 aromatic rings. The topological polar surface area (TPSA) is 65.0 Å².